The number of aryl methyl sites for hydroxylation is 3. The van der Waals surface area contributed by atoms with E-state index in [2.05, 4.69) is 37.5 Å². The Morgan fingerprint density at radius 1 is 1.13 bits per heavy atom. The minimum Gasteiger partial charge on any atom is -0.301 e. The Kier molecular flexibility index (Phi) is 6.64. The summed E-state index contributed by atoms with van der Waals surface area (Å²) in [5, 5.41) is 15.6. The molecule has 1 amide bonds. The lowest BCUT2D eigenvalue weighted by atomic mass is 10.1. The van der Waals surface area contributed by atoms with Gasteiger partial charge in [0.25, 0.3) is 11.6 Å². The molecule has 1 N–H and O–H groups in total. The number of fused-ring (bicyclic) bond motifs is 1. The highest BCUT2D eigenvalue weighted by Gasteiger charge is 2.37. The number of halogens is 3. The van der Waals surface area contributed by atoms with Gasteiger partial charge in [0.1, 0.15) is 5.01 Å². The first-order valence-corrected chi connectivity index (χ1v) is 10.4. The maximum Gasteiger partial charge on any atom is 0.453 e. The van der Waals surface area contributed by atoms with Gasteiger partial charge in [-0.05, 0) is 32.3 Å². The van der Waals surface area contributed by atoms with E-state index in [-0.39, 0.29) is 18.1 Å². The fraction of sp³-hybridized carbons (Fsp3) is 0.556. The number of aromatic nitrogens is 6. The average Bonchev–Trinajstić information content (AvgIpc) is 3.28. The van der Waals surface area contributed by atoms with Gasteiger partial charge in [-0.3, -0.25) is 4.79 Å². The normalized spacial score (nSPS) is 11.9. The second-order valence-corrected chi connectivity index (χ2v) is 7.97. The van der Waals surface area contributed by atoms with E-state index in [1.165, 1.54) is 11.3 Å². The number of amides is 1. The Hall–Kier alpha value is -2.63. The minimum atomic E-state index is -4.65. The number of nitrogens with zero attached hydrogens (tertiary/aromatic N) is 6. The first-order valence-electron chi connectivity index (χ1n) is 9.61. The van der Waals surface area contributed by atoms with E-state index in [0.29, 0.717) is 28.5 Å². The summed E-state index contributed by atoms with van der Waals surface area (Å²) in [5.74, 6) is -1.60. The molecule has 0 atom stereocenters. The molecule has 0 spiro atoms. The largest absolute Gasteiger partial charge is 0.453 e. The molecule has 0 bridgehead atoms. The average molecular weight is 441 g/mol. The third-order valence-electron chi connectivity index (χ3n) is 4.61. The van der Waals surface area contributed by atoms with Crippen LogP contribution in [0.25, 0.3) is 5.78 Å². The van der Waals surface area contributed by atoms with E-state index in [4.69, 9.17) is 0 Å². The van der Waals surface area contributed by atoms with Crippen LogP contribution in [0.1, 0.15) is 60.4 Å². The van der Waals surface area contributed by atoms with Gasteiger partial charge in [0.2, 0.25) is 11.0 Å². The summed E-state index contributed by atoms with van der Waals surface area (Å²) in [7, 11) is 0. The predicted octanol–water partition coefficient (Wildman–Crippen LogP) is 3.92. The smallest absolute Gasteiger partial charge is 0.301 e. The zero-order valence-corrected chi connectivity index (χ0v) is 17.7. The number of unbranched alkanes of at least 4 members (excludes halogenated alkanes) is 2. The van der Waals surface area contributed by atoms with Crippen molar-refractivity contribution in [3.8, 4) is 0 Å². The summed E-state index contributed by atoms with van der Waals surface area (Å²) in [4.78, 5) is 19.9. The first-order chi connectivity index (χ1) is 14.2. The fourth-order valence-electron chi connectivity index (χ4n) is 3.04. The van der Waals surface area contributed by atoms with E-state index >= 15 is 0 Å². The van der Waals surface area contributed by atoms with Crippen molar-refractivity contribution >= 4 is 28.2 Å². The van der Waals surface area contributed by atoms with Crippen molar-refractivity contribution in [1.82, 2.24) is 29.8 Å². The highest BCUT2D eigenvalue weighted by atomic mass is 32.1. The summed E-state index contributed by atoms with van der Waals surface area (Å²) in [6, 6.07) is 0. The van der Waals surface area contributed by atoms with Gasteiger partial charge in [-0.15, -0.1) is 15.3 Å². The Morgan fingerprint density at radius 2 is 1.90 bits per heavy atom. The van der Waals surface area contributed by atoms with Gasteiger partial charge in [0.05, 0.1) is 0 Å². The monoisotopic (exact) mass is 441 g/mol. The van der Waals surface area contributed by atoms with Gasteiger partial charge in [-0.1, -0.05) is 31.1 Å². The zero-order valence-electron chi connectivity index (χ0n) is 16.9. The maximum atomic E-state index is 12.9. The molecule has 0 saturated heterocycles. The second-order valence-electron chi connectivity index (χ2n) is 6.91. The summed E-state index contributed by atoms with van der Waals surface area (Å²) < 4.78 is 39.7. The first kappa shape index (κ1) is 22.1. The molecule has 162 valence electrons. The quantitative estimate of drug-likeness (QED) is 0.532. The molecule has 0 aliphatic rings. The highest BCUT2D eigenvalue weighted by Crippen LogP contribution is 2.27. The number of rotatable bonds is 8. The molecular formula is C18H22F3N7OS. The summed E-state index contributed by atoms with van der Waals surface area (Å²) >= 11 is 1.35. The number of nitrogens with one attached hydrogen (secondary N) is 1. The maximum absolute atomic E-state index is 12.9. The van der Waals surface area contributed by atoms with Crippen LogP contribution < -0.4 is 5.32 Å². The van der Waals surface area contributed by atoms with Gasteiger partial charge >= 0.3 is 6.18 Å². The van der Waals surface area contributed by atoms with E-state index in [0.717, 1.165) is 35.2 Å². The minimum absolute atomic E-state index is 0.116. The van der Waals surface area contributed by atoms with E-state index in [1.54, 1.807) is 13.8 Å². The van der Waals surface area contributed by atoms with Crippen molar-refractivity contribution in [3.63, 3.8) is 0 Å². The molecule has 3 aromatic heterocycles. The van der Waals surface area contributed by atoms with E-state index in [9.17, 15) is 18.0 Å². The molecule has 0 radical (unpaired) electrons. The topological polar surface area (TPSA) is 98.0 Å². The van der Waals surface area contributed by atoms with Crippen LogP contribution in [0.5, 0.6) is 0 Å². The van der Waals surface area contributed by atoms with Gasteiger partial charge in [0.15, 0.2) is 0 Å². The lowest BCUT2D eigenvalue weighted by molar-refractivity contribution is -0.144. The summed E-state index contributed by atoms with van der Waals surface area (Å²) in [5.41, 5.74) is 1.65. The van der Waals surface area contributed by atoms with Crippen LogP contribution in [0.15, 0.2) is 0 Å². The fourth-order valence-corrected chi connectivity index (χ4v) is 3.84. The van der Waals surface area contributed by atoms with Gasteiger partial charge in [-0.25, -0.2) is 9.50 Å². The van der Waals surface area contributed by atoms with Crippen LogP contribution in [0.3, 0.4) is 0 Å². The van der Waals surface area contributed by atoms with Gasteiger partial charge in [-0.2, -0.15) is 18.2 Å². The van der Waals surface area contributed by atoms with Crippen molar-refractivity contribution in [2.24, 2.45) is 0 Å². The van der Waals surface area contributed by atoms with Crippen LogP contribution in [0.4, 0.5) is 18.3 Å². The molecule has 3 heterocycles. The van der Waals surface area contributed by atoms with Crippen LogP contribution in [0.2, 0.25) is 0 Å². The molecule has 0 aliphatic heterocycles. The summed E-state index contributed by atoms with van der Waals surface area (Å²) in [6.45, 7) is 5.44. The Bertz CT molecular complexity index is 1040. The number of alkyl halides is 3. The van der Waals surface area contributed by atoms with Crippen molar-refractivity contribution in [1.29, 1.82) is 0 Å². The second kappa shape index (κ2) is 9.02. The molecule has 0 aromatic carbocycles. The molecule has 12 heteroatoms. The van der Waals surface area contributed by atoms with Crippen molar-refractivity contribution in [3.05, 3.63) is 27.8 Å². The van der Waals surface area contributed by atoms with Crippen LogP contribution >= 0.6 is 11.3 Å². The Morgan fingerprint density at radius 3 is 2.60 bits per heavy atom. The van der Waals surface area contributed by atoms with Crippen LogP contribution in [-0.2, 0) is 23.8 Å². The molecule has 30 heavy (non-hydrogen) atoms. The zero-order chi connectivity index (χ0) is 21.9. The number of anilines is 1. The summed E-state index contributed by atoms with van der Waals surface area (Å²) in [6.07, 6.45) is -0.112. The predicted molar refractivity (Wildman–Crippen MR) is 105 cm³/mol. The van der Waals surface area contributed by atoms with Crippen molar-refractivity contribution < 1.29 is 18.0 Å². The van der Waals surface area contributed by atoms with Gasteiger partial charge in [0, 0.05) is 24.2 Å². The third kappa shape index (κ3) is 5.10. The molecule has 0 saturated carbocycles. The van der Waals surface area contributed by atoms with Crippen molar-refractivity contribution in [2.45, 2.75) is 65.5 Å². The molecule has 3 rings (SSSR count). The van der Waals surface area contributed by atoms with Gasteiger partial charge < -0.3 is 5.32 Å². The number of carbonyl (C=O) groups excluding carboxylic acids is 1. The molecule has 0 aliphatic carbocycles. The van der Waals surface area contributed by atoms with Crippen LogP contribution in [-0.4, -0.2) is 35.7 Å². The molecule has 8 nitrogen and oxygen atoms in total. The number of carbonyl (C=O) groups is 1. The standard InChI is InChI=1S/C18H22F3N7OS/c1-4-5-6-7-14-25-26-17(30-14)23-13(29)9-8-12-10(2)22-16-24-15(18(19,20)21)27-28(16)11(12)3/h4-9H2,1-3H3,(H,23,26,29). The lowest BCUT2D eigenvalue weighted by Crippen LogP contribution is -2.14. The Labute approximate surface area is 175 Å². The highest BCUT2D eigenvalue weighted by molar-refractivity contribution is 7.15. The molecule has 0 fully saturated rings. The SMILES string of the molecule is CCCCCc1nnc(NC(=O)CCc2c(C)nc3nc(C(F)(F)F)nn3c2C)s1. The van der Waals surface area contributed by atoms with E-state index < -0.39 is 12.0 Å². The lowest BCUT2D eigenvalue weighted by Gasteiger charge is -2.09. The Balaban J connectivity index is 1.65. The van der Waals surface area contributed by atoms with Crippen LogP contribution in [0, 0.1) is 13.8 Å². The van der Waals surface area contributed by atoms with E-state index in [1.807, 2.05) is 0 Å². The molecular weight excluding hydrogens is 419 g/mol. The number of hydrogen-bond acceptors (Lipinski definition) is 7. The number of hydrogen-bond donors (Lipinski definition) is 1. The molecule has 0 unspecified atom stereocenters. The third-order valence-corrected chi connectivity index (χ3v) is 5.51. The molecule has 3 aromatic rings. The van der Waals surface area contributed by atoms with Crippen molar-refractivity contribution in [2.75, 3.05) is 5.32 Å².